The summed E-state index contributed by atoms with van der Waals surface area (Å²) in [5.74, 6) is 0. The van der Waals surface area contributed by atoms with Crippen LogP contribution in [0.3, 0.4) is 0 Å². The van der Waals surface area contributed by atoms with Gasteiger partial charge in [0.1, 0.15) is 0 Å². The summed E-state index contributed by atoms with van der Waals surface area (Å²) in [5, 5.41) is 3.04. The van der Waals surface area contributed by atoms with Crippen LogP contribution in [0.15, 0.2) is 0 Å². The van der Waals surface area contributed by atoms with Gasteiger partial charge in [-0.05, 0) is 5.04 Å². The average Bonchev–Trinajstić information content (AvgIpc) is 1.55. The summed E-state index contributed by atoms with van der Waals surface area (Å²) in [5.41, 5.74) is 0. The number of hydrogen-bond acceptors (Lipinski definition) is 5. The van der Waals surface area contributed by atoms with Crippen LogP contribution in [-0.2, 0) is 40.6 Å². The Hall–Kier alpha value is 1.30. The second-order valence-corrected chi connectivity index (χ2v) is 3.46. The van der Waals surface area contributed by atoms with Crippen LogP contribution in [0.2, 0.25) is 0 Å². The fourth-order valence-corrected chi connectivity index (χ4v) is 0.360. The third kappa shape index (κ3) is 19.6. The van der Waals surface area contributed by atoms with Gasteiger partial charge in [-0.25, -0.2) is 9.13 Å². The molecule has 0 aromatic rings. The van der Waals surface area contributed by atoms with E-state index in [-0.39, 0.29) is 35.9 Å². The molecule has 9 nitrogen and oxygen atoms in total. The van der Waals surface area contributed by atoms with Crippen LogP contribution in [-0.4, -0.2) is 38.4 Å². The molecule has 13 heteroatoms. The normalized spacial score (nSPS) is 11.4. The van der Waals surface area contributed by atoms with Crippen LogP contribution >= 0.6 is 15.6 Å². The second-order valence-electron chi connectivity index (χ2n) is 1.20. The van der Waals surface area contributed by atoms with E-state index in [2.05, 4.69) is 14.4 Å². The fourth-order valence-electron chi connectivity index (χ4n) is 0.0929. The minimum atomic E-state index is -4.94. The number of rotatable bonds is 4. The standard InChI is InChI=1S/Cu.Li.H4O9P2.H/c;;1-10(2,3)8-7-9-11(4,5)6;/h;;(H2,1,2,3)(H2,4,5,6);. The van der Waals surface area contributed by atoms with Gasteiger partial charge in [-0.2, -0.15) is 0 Å². The maximum atomic E-state index is 9.73. The summed E-state index contributed by atoms with van der Waals surface area (Å²) >= 11 is 0. The van der Waals surface area contributed by atoms with Gasteiger partial charge >= 0.3 is 34.5 Å². The molecule has 0 spiro atoms. The molecule has 13 heavy (non-hydrogen) atoms. The van der Waals surface area contributed by atoms with Gasteiger partial charge in [-0.1, -0.05) is 9.35 Å². The molecule has 0 aliphatic rings. The van der Waals surface area contributed by atoms with Crippen molar-refractivity contribution >= 4 is 34.5 Å². The Morgan fingerprint density at radius 3 is 1.23 bits per heavy atom. The molecule has 0 saturated heterocycles. The molecule has 0 aliphatic heterocycles. The van der Waals surface area contributed by atoms with Crippen LogP contribution in [0.1, 0.15) is 0 Å². The molecule has 0 heterocycles. The predicted octanol–water partition coefficient (Wildman–Crippen LogP) is -1.60. The maximum absolute atomic E-state index is 9.73. The molecule has 0 aromatic heterocycles. The van der Waals surface area contributed by atoms with Crippen molar-refractivity contribution in [1.82, 2.24) is 0 Å². The third-order valence-electron chi connectivity index (χ3n) is 0.255. The quantitative estimate of drug-likeness (QED) is 0.207. The summed E-state index contributed by atoms with van der Waals surface area (Å²) in [7, 11) is -9.88. The Morgan fingerprint density at radius 2 is 1.08 bits per heavy atom. The third-order valence-corrected chi connectivity index (χ3v) is 0.765. The Labute approximate surface area is 94.7 Å². The number of phosphoric acid groups is 2. The Morgan fingerprint density at radius 1 is 0.846 bits per heavy atom. The molecule has 0 amide bonds. The van der Waals surface area contributed by atoms with Crippen molar-refractivity contribution in [2.45, 2.75) is 0 Å². The van der Waals surface area contributed by atoms with E-state index in [1.165, 1.54) is 0 Å². The molecule has 0 fully saturated rings. The monoisotopic (exact) mass is 281 g/mol. The van der Waals surface area contributed by atoms with Crippen LogP contribution in [0.4, 0.5) is 0 Å². The Kier molecular flexibility index (Phi) is 11.5. The summed E-state index contributed by atoms with van der Waals surface area (Å²) in [4.78, 5) is 31.4. The van der Waals surface area contributed by atoms with E-state index in [4.69, 9.17) is 19.6 Å². The van der Waals surface area contributed by atoms with Crippen molar-refractivity contribution in [3.8, 4) is 0 Å². The zero-order valence-electron chi connectivity index (χ0n) is 5.03. The minimum absolute atomic E-state index is 0. The summed E-state index contributed by atoms with van der Waals surface area (Å²) in [6.45, 7) is 0. The van der Waals surface area contributed by atoms with E-state index < -0.39 is 15.6 Å². The van der Waals surface area contributed by atoms with Crippen molar-refractivity contribution in [1.29, 1.82) is 0 Å². The van der Waals surface area contributed by atoms with E-state index in [1.54, 1.807) is 0 Å². The number of hydrogen-bond donors (Lipinski definition) is 4. The van der Waals surface area contributed by atoms with E-state index in [0.717, 1.165) is 0 Å². The van der Waals surface area contributed by atoms with Gasteiger partial charge in [-0.3, -0.25) is 0 Å². The first-order chi connectivity index (χ1) is 4.71. The second kappa shape index (κ2) is 7.57. The first kappa shape index (κ1) is 19.8. The molecular weight excluding hydrogens is 276 g/mol. The van der Waals surface area contributed by atoms with Gasteiger partial charge in [0.05, 0.1) is 0 Å². The molecule has 1 radical (unpaired) electrons. The van der Waals surface area contributed by atoms with Gasteiger partial charge < -0.3 is 19.6 Å². The molecule has 81 valence electrons. The Bertz CT molecular complexity index is 180. The van der Waals surface area contributed by atoms with Crippen LogP contribution in [0, 0.1) is 0 Å². The van der Waals surface area contributed by atoms with Gasteiger partial charge in [0.25, 0.3) is 0 Å². The average molecular weight is 281 g/mol. The topological polar surface area (TPSA) is 143 Å². The van der Waals surface area contributed by atoms with Crippen LogP contribution in [0.25, 0.3) is 0 Å². The molecule has 0 saturated carbocycles. The van der Waals surface area contributed by atoms with E-state index in [0.29, 0.717) is 0 Å². The van der Waals surface area contributed by atoms with Crippen molar-refractivity contribution < 1.29 is 60.2 Å². The summed E-state index contributed by atoms with van der Waals surface area (Å²) in [6.07, 6.45) is 0. The van der Waals surface area contributed by atoms with Crippen molar-refractivity contribution in [2.24, 2.45) is 0 Å². The van der Waals surface area contributed by atoms with Gasteiger partial charge in [-0.15, -0.1) is 0 Å². The zero-order valence-corrected chi connectivity index (χ0v) is 7.76. The predicted molar refractivity (Wildman–Crippen MR) is 34.5 cm³/mol. The zero-order chi connectivity index (χ0) is 9.12. The first-order valence-corrected chi connectivity index (χ1v) is 4.92. The van der Waals surface area contributed by atoms with Gasteiger partial charge in [0, 0.05) is 17.1 Å². The van der Waals surface area contributed by atoms with E-state index in [1.807, 2.05) is 0 Å². The van der Waals surface area contributed by atoms with Gasteiger partial charge in [0.2, 0.25) is 0 Å². The van der Waals surface area contributed by atoms with E-state index in [9.17, 15) is 9.13 Å². The molecular formula is H5CuLiO9P2. The molecule has 0 aromatic carbocycles. The molecule has 0 unspecified atom stereocenters. The van der Waals surface area contributed by atoms with Crippen molar-refractivity contribution in [3.05, 3.63) is 0 Å². The van der Waals surface area contributed by atoms with Crippen molar-refractivity contribution in [2.75, 3.05) is 0 Å². The molecule has 0 rings (SSSR count). The molecule has 0 bridgehead atoms. The molecule has 4 N–H and O–H groups in total. The van der Waals surface area contributed by atoms with Gasteiger partial charge in [0.15, 0.2) is 0 Å². The first-order valence-electron chi connectivity index (χ1n) is 1.86. The molecule has 0 aliphatic carbocycles. The van der Waals surface area contributed by atoms with Crippen LogP contribution in [0.5, 0.6) is 0 Å². The molecule has 0 atom stereocenters. The van der Waals surface area contributed by atoms with Crippen molar-refractivity contribution in [3.63, 3.8) is 0 Å². The fraction of sp³-hybridized carbons (Fsp3) is 0. The Balaban J connectivity index is -0.000000500. The van der Waals surface area contributed by atoms with Crippen LogP contribution < -0.4 is 0 Å². The SMILES string of the molecule is O=P(O)(O)OOOP(=O)(O)O.[Cu].[LiH]. The summed E-state index contributed by atoms with van der Waals surface area (Å²) in [6, 6.07) is 0. The van der Waals surface area contributed by atoms with E-state index >= 15 is 0 Å². The summed E-state index contributed by atoms with van der Waals surface area (Å²) < 4.78 is 25.6.